The average molecular weight is 271 g/mol. The van der Waals surface area contributed by atoms with Gasteiger partial charge in [0.2, 0.25) is 0 Å². The Morgan fingerprint density at radius 1 is 1.18 bits per heavy atom. The van der Waals surface area contributed by atoms with Crippen molar-refractivity contribution >= 4 is 6.08 Å². The Morgan fingerprint density at radius 2 is 2.00 bits per heavy atom. The van der Waals surface area contributed by atoms with E-state index in [1.54, 1.807) is 0 Å². The molecule has 0 fully saturated rings. The summed E-state index contributed by atoms with van der Waals surface area (Å²) in [5, 5.41) is 0. The van der Waals surface area contributed by atoms with E-state index in [0.717, 1.165) is 5.75 Å². The van der Waals surface area contributed by atoms with Crippen LogP contribution in [0.25, 0.3) is 6.08 Å². The van der Waals surface area contributed by atoms with Gasteiger partial charge in [0.25, 0.3) is 0 Å². The van der Waals surface area contributed by atoms with Crippen LogP contribution in [-0.2, 0) is 0 Å². The summed E-state index contributed by atoms with van der Waals surface area (Å²) < 4.78 is 5.34. The fourth-order valence-electron chi connectivity index (χ4n) is 1.06. The first-order chi connectivity index (χ1) is 4.97. The van der Waals surface area contributed by atoms with E-state index in [0.29, 0.717) is 6.61 Å². The second-order valence-electron chi connectivity index (χ2n) is 2.25. The third-order valence-corrected chi connectivity index (χ3v) is 1.55. The summed E-state index contributed by atoms with van der Waals surface area (Å²) in [6, 6.07) is 8.03. The van der Waals surface area contributed by atoms with Gasteiger partial charge < -0.3 is 4.74 Å². The molecule has 11 heavy (non-hydrogen) atoms. The van der Waals surface area contributed by atoms with Crippen LogP contribution in [0.4, 0.5) is 0 Å². The summed E-state index contributed by atoms with van der Waals surface area (Å²) in [4.78, 5) is 0. The molecule has 0 amide bonds. The molecule has 1 aliphatic rings. The number of para-hydroxylation sites is 1. The molecule has 0 saturated carbocycles. The van der Waals surface area contributed by atoms with Crippen LogP contribution in [0, 0.1) is 35.6 Å². The topological polar surface area (TPSA) is 9.23 Å². The van der Waals surface area contributed by atoms with Crippen molar-refractivity contribution in [3.63, 3.8) is 0 Å². The quantitative estimate of drug-likeness (QED) is 0.702. The molecular weight excluding hydrogens is 263 g/mol. The van der Waals surface area contributed by atoms with E-state index in [1.807, 2.05) is 30.3 Å². The maximum absolute atomic E-state index is 5.34. The van der Waals surface area contributed by atoms with Gasteiger partial charge in [0.05, 0.1) is 0 Å². The van der Waals surface area contributed by atoms with Gasteiger partial charge in [-0.3, -0.25) is 0 Å². The van der Waals surface area contributed by atoms with Crippen molar-refractivity contribution in [2.24, 2.45) is 0 Å². The molecule has 0 unspecified atom stereocenters. The first-order valence-corrected chi connectivity index (χ1v) is 3.35. The van der Waals surface area contributed by atoms with Crippen LogP contribution in [0.1, 0.15) is 5.56 Å². The predicted molar refractivity (Wildman–Crippen MR) is 41.0 cm³/mol. The summed E-state index contributed by atoms with van der Waals surface area (Å²) in [6.07, 6.45) is 4.10. The van der Waals surface area contributed by atoms with Gasteiger partial charge in [-0.15, -0.1) is 0 Å². The van der Waals surface area contributed by atoms with Crippen molar-refractivity contribution in [1.29, 1.82) is 0 Å². The number of hydrogen-bond acceptors (Lipinski definition) is 1. The van der Waals surface area contributed by atoms with Crippen molar-refractivity contribution in [1.82, 2.24) is 0 Å². The van der Waals surface area contributed by atoms with Crippen molar-refractivity contribution in [2.75, 3.05) is 6.61 Å². The Bertz CT molecular complexity index is 268. The van der Waals surface area contributed by atoms with Crippen LogP contribution >= 0.6 is 0 Å². The minimum atomic E-state index is 0. The van der Waals surface area contributed by atoms with Crippen molar-refractivity contribution in [3.8, 4) is 5.75 Å². The molecule has 0 aromatic heterocycles. The zero-order valence-electron chi connectivity index (χ0n) is 6.16. The van der Waals surface area contributed by atoms with E-state index in [-0.39, 0.29) is 35.6 Å². The summed E-state index contributed by atoms with van der Waals surface area (Å²) in [7, 11) is 0. The first kappa shape index (κ1) is 9.05. The van der Waals surface area contributed by atoms with Crippen molar-refractivity contribution < 1.29 is 40.3 Å². The maximum Gasteiger partial charge on any atom is 0.126 e. The first-order valence-electron chi connectivity index (χ1n) is 3.35. The molecule has 1 nitrogen and oxygen atoms in total. The normalized spacial score (nSPS) is 12.7. The van der Waals surface area contributed by atoms with Gasteiger partial charge in [-0.25, -0.2) is 0 Å². The van der Waals surface area contributed by atoms with Crippen LogP contribution < -0.4 is 4.74 Å². The molecule has 1 radical (unpaired) electrons. The second-order valence-corrected chi connectivity index (χ2v) is 2.25. The van der Waals surface area contributed by atoms with Gasteiger partial charge in [0.1, 0.15) is 12.4 Å². The fraction of sp³-hybridized carbons (Fsp3) is 0.111. The van der Waals surface area contributed by atoms with E-state index < -0.39 is 0 Å². The molecule has 0 saturated heterocycles. The Morgan fingerprint density at radius 3 is 2.82 bits per heavy atom. The summed E-state index contributed by atoms with van der Waals surface area (Å²) in [5.41, 5.74) is 1.17. The number of hydrogen-bond donors (Lipinski definition) is 0. The number of ether oxygens (including phenoxy) is 1. The average Bonchev–Trinajstić information content (AvgIpc) is 2.05. The van der Waals surface area contributed by atoms with Gasteiger partial charge in [0, 0.05) is 41.2 Å². The minimum Gasteiger partial charge on any atom is -0.489 e. The van der Waals surface area contributed by atoms with Gasteiger partial charge in [-0.2, -0.15) is 0 Å². The summed E-state index contributed by atoms with van der Waals surface area (Å²) in [6.45, 7) is 0.705. The third-order valence-electron chi connectivity index (χ3n) is 1.55. The van der Waals surface area contributed by atoms with Gasteiger partial charge in [-0.1, -0.05) is 24.3 Å². The van der Waals surface area contributed by atoms with Crippen molar-refractivity contribution in [3.05, 3.63) is 35.9 Å². The van der Waals surface area contributed by atoms with Crippen LogP contribution in [0.3, 0.4) is 0 Å². The largest absolute Gasteiger partial charge is 0.489 e. The van der Waals surface area contributed by atoms with Crippen LogP contribution in [-0.4, -0.2) is 6.61 Å². The van der Waals surface area contributed by atoms with Crippen LogP contribution in [0.15, 0.2) is 30.3 Å². The summed E-state index contributed by atoms with van der Waals surface area (Å²) >= 11 is 0. The van der Waals surface area contributed by atoms with E-state index >= 15 is 0 Å². The standard InChI is InChI=1S/C9H8O.La/c1-2-6-9-8(4-1)5-3-7-10-9;/h1-6H,7H2;. The SMILES string of the molecule is C1=Cc2ccccc2OC1.[La]. The second kappa shape index (κ2) is 4.10. The molecule has 1 aromatic rings. The van der Waals surface area contributed by atoms with E-state index in [9.17, 15) is 0 Å². The summed E-state index contributed by atoms with van der Waals surface area (Å²) in [5.74, 6) is 0.991. The molecular formula is C9H8LaO. The third kappa shape index (κ3) is 1.95. The molecule has 0 spiro atoms. The smallest absolute Gasteiger partial charge is 0.126 e. The molecule has 0 N–H and O–H groups in total. The van der Waals surface area contributed by atoms with E-state index in [2.05, 4.69) is 6.08 Å². The predicted octanol–water partition coefficient (Wildman–Crippen LogP) is 2.09. The molecule has 1 aliphatic heterocycles. The zero-order chi connectivity index (χ0) is 6.81. The Balaban J connectivity index is 0.000000605. The number of fused-ring (bicyclic) bond motifs is 1. The Labute approximate surface area is 94.0 Å². The molecule has 0 aliphatic carbocycles. The van der Waals surface area contributed by atoms with E-state index in [1.165, 1.54) is 5.56 Å². The maximum atomic E-state index is 5.34. The molecule has 2 heteroatoms. The van der Waals surface area contributed by atoms with E-state index in [4.69, 9.17) is 4.74 Å². The Hall–Kier alpha value is -0.0452. The van der Waals surface area contributed by atoms with Crippen LogP contribution in [0.2, 0.25) is 0 Å². The fourth-order valence-corrected chi connectivity index (χ4v) is 1.06. The van der Waals surface area contributed by atoms with Gasteiger partial charge >= 0.3 is 0 Å². The monoisotopic (exact) mass is 271 g/mol. The molecule has 2 rings (SSSR count). The van der Waals surface area contributed by atoms with Gasteiger partial charge in [-0.05, 0) is 12.1 Å². The van der Waals surface area contributed by atoms with Crippen LogP contribution in [0.5, 0.6) is 5.75 Å². The van der Waals surface area contributed by atoms with Crippen molar-refractivity contribution in [2.45, 2.75) is 0 Å². The number of rotatable bonds is 0. The Kier molecular flexibility index (Phi) is 3.37. The minimum absolute atomic E-state index is 0. The molecule has 1 heterocycles. The number of benzene rings is 1. The zero-order valence-corrected chi connectivity index (χ0v) is 9.78. The molecule has 1 aromatic carbocycles. The van der Waals surface area contributed by atoms with Gasteiger partial charge in [0.15, 0.2) is 0 Å². The molecule has 0 bridgehead atoms. The molecule has 53 valence electrons. The molecule has 0 atom stereocenters.